The summed E-state index contributed by atoms with van der Waals surface area (Å²) in [7, 11) is 0. The standard InChI is InChI=1S/C17H18Cl2N4O3/c18-14-2-1-12(7-15(14)19)26-13-3-5-22(8-13)17(24)16-9-23(21-20-16)11-4-6-25-10-11/h1-2,7,9,11,13H,3-6,8,10H2. The minimum Gasteiger partial charge on any atom is -0.488 e. The Hall–Kier alpha value is -1.83. The molecule has 1 aromatic carbocycles. The molecule has 0 radical (unpaired) electrons. The van der Waals surface area contributed by atoms with Crippen LogP contribution in [0.25, 0.3) is 0 Å². The maximum absolute atomic E-state index is 12.7. The van der Waals surface area contributed by atoms with Crippen molar-refractivity contribution >= 4 is 29.1 Å². The highest BCUT2D eigenvalue weighted by Crippen LogP contribution is 2.28. The number of aromatic nitrogens is 3. The normalized spacial score (nSPS) is 22.8. The predicted molar refractivity (Wildman–Crippen MR) is 95.9 cm³/mol. The Morgan fingerprint density at radius 2 is 2.15 bits per heavy atom. The van der Waals surface area contributed by atoms with E-state index in [4.69, 9.17) is 32.7 Å². The summed E-state index contributed by atoms with van der Waals surface area (Å²) < 4.78 is 13.0. The molecule has 26 heavy (non-hydrogen) atoms. The van der Waals surface area contributed by atoms with Crippen LogP contribution in [0.3, 0.4) is 0 Å². The number of carbonyl (C=O) groups is 1. The second-order valence-electron chi connectivity index (χ2n) is 6.46. The van der Waals surface area contributed by atoms with Crippen LogP contribution in [0.1, 0.15) is 29.4 Å². The summed E-state index contributed by atoms with van der Waals surface area (Å²) >= 11 is 11.9. The fraction of sp³-hybridized carbons (Fsp3) is 0.471. The number of rotatable bonds is 4. The first kappa shape index (κ1) is 17.6. The number of amides is 1. The average Bonchev–Trinajstić information content (AvgIpc) is 3.38. The first-order chi connectivity index (χ1) is 12.6. The first-order valence-electron chi connectivity index (χ1n) is 8.51. The van der Waals surface area contributed by atoms with Gasteiger partial charge in [-0.3, -0.25) is 4.79 Å². The largest absolute Gasteiger partial charge is 0.488 e. The predicted octanol–water partition coefficient (Wildman–Crippen LogP) is 2.84. The number of halogens is 2. The van der Waals surface area contributed by atoms with Crippen LogP contribution in [0.5, 0.6) is 5.75 Å². The molecule has 0 bridgehead atoms. The number of hydrogen-bond donors (Lipinski definition) is 0. The molecule has 0 N–H and O–H groups in total. The van der Waals surface area contributed by atoms with E-state index in [0.29, 0.717) is 47.8 Å². The summed E-state index contributed by atoms with van der Waals surface area (Å²) in [5, 5.41) is 9.04. The number of likely N-dealkylation sites (tertiary alicyclic amines) is 1. The Labute approximate surface area is 160 Å². The van der Waals surface area contributed by atoms with E-state index in [1.165, 1.54) is 0 Å². The van der Waals surface area contributed by atoms with Gasteiger partial charge < -0.3 is 14.4 Å². The van der Waals surface area contributed by atoms with Crippen LogP contribution >= 0.6 is 23.2 Å². The number of nitrogens with zero attached hydrogens (tertiary/aromatic N) is 4. The summed E-state index contributed by atoms with van der Waals surface area (Å²) in [6.45, 7) is 2.44. The third-order valence-corrected chi connectivity index (χ3v) is 5.37. The molecule has 9 heteroatoms. The monoisotopic (exact) mass is 396 g/mol. The van der Waals surface area contributed by atoms with Crippen LogP contribution in [0.15, 0.2) is 24.4 Å². The maximum Gasteiger partial charge on any atom is 0.276 e. The van der Waals surface area contributed by atoms with Crippen molar-refractivity contribution in [3.63, 3.8) is 0 Å². The van der Waals surface area contributed by atoms with Gasteiger partial charge in [0.15, 0.2) is 5.69 Å². The van der Waals surface area contributed by atoms with E-state index >= 15 is 0 Å². The molecule has 4 rings (SSSR count). The third kappa shape index (κ3) is 3.65. The number of benzene rings is 1. The molecule has 0 aliphatic carbocycles. The summed E-state index contributed by atoms with van der Waals surface area (Å²) in [5.74, 6) is 0.515. The lowest BCUT2D eigenvalue weighted by atomic mass is 10.3. The maximum atomic E-state index is 12.7. The molecular formula is C17H18Cl2N4O3. The second kappa shape index (κ2) is 7.42. The van der Waals surface area contributed by atoms with Gasteiger partial charge in [0, 0.05) is 25.6 Å². The van der Waals surface area contributed by atoms with Crippen molar-refractivity contribution in [2.24, 2.45) is 0 Å². The van der Waals surface area contributed by atoms with Gasteiger partial charge in [-0.15, -0.1) is 5.10 Å². The highest BCUT2D eigenvalue weighted by atomic mass is 35.5. The van der Waals surface area contributed by atoms with E-state index in [9.17, 15) is 4.79 Å². The number of ether oxygens (including phenoxy) is 2. The van der Waals surface area contributed by atoms with Crippen molar-refractivity contribution in [2.45, 2.75) is 25.0 Å². The Balaban J connectivity index is 1.37. The van der Waals surface area contributed by atoms with Crippen molar-refractivity contribution in [1.82, 2.24) is 19.9 Å². The lowest BCUT2D eigenvalue weighted by molar-refractivity contribution is 0.0766. The van der Waals surface area contributed by atoms with Crippen LogP contribution in [0.2, 0.25) is 10.0 Å². The molecule has 0 spiro atoms. The molecular weight excluding hydrogens is 379 g/mol. The quantitative estimate of drug-likeness (QED) is 0.794. The zero-order chi connectivity index (χ0) is 18.1. The molecule has 1 aromatic heterocycles. The van der Waals surface area contributed by atoms with Gasteiger partial charge >= 0.3 is 0 Å². The molecule has 7 nitrogen and oxygen atoms in total. The van der Waals surface area contributed by atoms with E-state index in [2.05, 4.69) is 10.3 Å². The van der Waals surface area contributed by atoms with Gasteiger partial charge in [0.05, 0.1) is 35.4 Å². The molecule has 138 valence electrons. The van der Waals surface area contributed by atoms with Gasteiger partial charge in [-0.2, -0.15) is 0 Å². The lowest BCUT2D eigenvalue weighted by Crippen LogP contribution is -2.31. The fourth-order valence-electron chi connectivity index (χ4n) is 3.20. The summed E-state index contributed by atoms with van der Waals surface area (Å²) in [5.41, 5.74) is 0.354. The van der Waals surface area contributed by atoms with E-state index in [1.54, 1.807) is 34.0 Å². The Morgan fingerprint density at radius 1 is 1.27 bits per heavy atom. The van der Waals surface area contributed by atoms with Crippen LogP contribution in [-0.2, 0) is 4.74 Å². The van der Waals surface area contributed by atoms with Crippen molar-refractivity contribution in [3.05, 3.63) is 40.1 Å². The molecule has 3 heterocycles. The zero-order valence-electron chi connectivity index (χ0n) is 14.0. The molecule has 2 unspecified atom stereocenters. The molecule has 0 saturated carbocycles. The van der Waals surface area contributed by atoms with Crippen LogP contribution in [0, 0.1) is 0 Å². The molecule has 2 aliphatic rings. The van der Waals surface area contributed by atoms with Crippen LogP contribution < -0.4 is 4.74 Å². The minimum atomic E-state index is -0.129. The number of carbonyl (C=O) groups excluding carboxylic acids is 1. The average molecular weight is 397 g/mol. The second-order valence-corrected chi connectivity index (χ2v) is 7.27. The molecule has 2 saturated heterocycles. The van der Waals surface area contributed by atoms with E-state index in [0.717, 1.165) is 12.8 Å². The van der Waals surface area contributed by atoms with Gasteiger partial charge in [0.25, 0.3) is 5.91 Å². The van der Waals surface area contributed by atoms with Gasteiger partial charge in [-0.1, -0.05) is 28.4 Å². The first-order valence-corrected chi connectivity index (χ1v) is 9.26. The van der Waals surface area contributed by atoms with E-state index in [-0.39, 0.29) is 18.1 Å². The molecule has 2 atom stereocenters. The fourth-order valence-corrected chi connectivity index (χ4v) is 3.49. The molecule has 1 amide bonds. The molecule has 2 fully saturated rings. The van der Waals surface area contributed by atoms with Gasteiger partial charge in [-0.05, 0) is 18.6 Å². The Bertz CT molecular complexity index is 807. The summed E-state index contributed by atoms with van der Waals surface area (Å²) in [6, 6.07) is 5.31. The van der Waals surface area contributed by atoms with Gasteiger partial charge in [0.1, 0.15) is 11.9 Å². The van der Waals surface area contributed by atoms with Gasteiger partial charge in [-0.25, -0.2) is 4.68 Å². The van der Waals surface area contributed by atoms with E-state index in [1.807, 2.05) is 0 Å². The van der Waals surface area contributed by atoms with Crippen LogP contribution in [0.4, 0.5) is 0 Å². The summed E-state index contributed by atoms with van der Waals surface area (Å²) in [6.07, 6.45) is 3.25. The highest BCUT2D eigenvalue weighted by Gasteiger charge is 2.30. The van der Waals surface area contributed by atoms with Crippen molar-refractivity contribution in [3.8, 4) is 5.75 Å². The smallest absolute Gasteiger partial charge is 0.276 e. The SMILES string of the molecule is O=C(c1cn(C2CCOC2)nn1)N1CCC(Oc2ccc(Cl)c(Cl)c2)C1. The highest BCUT2D eigenvalue weighted by molar-refractivity contribution is 6.42. The topological polar surface area (TPSA) is 69.5 Å². The Kier molecular flexibility index (Phi) is 5.02. The van der Waals surface area contributed by atoms with Gasteiger partial charge in [0.2, 0.25) is 0 Å². The van der Waals surface area contributed by atoms with Crippen molar-refractivity contribution in [1.29, 1.82) is 0 Å². The molecule has 2 aliphatic heterocycles. The third-order valence-electron chi connectivity index (χ3n) is 4.64. The lowest BCUT2D eigenvalue weighted by Gasteiger charge is -2.16. The number of hydrogen-bond acceptors (Lipinski definition) is 5. The van der Waals surface area contributed by atoms with Crippen molar-refractivity contribution < 1.29 is 14.3 Å². The van der Waals surface area contributed by atoms with E-state index < -0.39 is 0 Å². The molecule has 2 aromatic rings. The van der Waals surface area contributed by atoms with Crippen molar-refractivity contribution in [2.75, 3.05) is 26.3 Å². The zero-order valence-corrected chi connectivity index (χ0v) is 15.5. The van der Waals surface area contributed by atoms with Crippen LogP contribution in [-0.4, -0.2) is 58.2 Å². The summed E-state index contributed by atoms with van der Waals surface area (Å²) in [4.78, 5) is 14.4. The minimum absolute atomic E-state index is 0.0885. The Morgan fingerprint density at radius 3 is 2.92 bits per heavy atom.